The Hall–Kier alpha value is -2.47. The van der Waals surface area contributed by atoms with Gasteiger partial charge in [0.1, 0.15) is 5.82 Å². The van der Waals surface area contributed by atoms with E-state index in [1.54, 1.807) is 11.3 Å². The van der Waals surface area contributed by atoms with Crippen molar-refractivity contribution in [2.24, 2.45) is 5.92 Å². The van der Waals surface area contributed by atoms with Crippen LogP contribution in [0.4, 0.5) is 5.82 Å². The zero-order chi connectivity index (χ0) is 21.9. The van der Waals surface area contributed by atoms with E-state index in [2.05, 4.69) is 58.4 Å². The lowest BCUT2D eigenvalue weighted by Gasteiger charge is -2.29. The highest BCUT2D eigenvalue weighted by atomic mass is 35.5. The van der Waals surface area contributed by atoms with Gasteiger partial charge in [0.05, 0.1) is 5.52 Å². The Morgan fingerprint density at radius 2 is 1.91 bits per heavy atom. The van der Waals surface area contributed by atoms with Gasteiger partial charge in [-0.3, -0.25) is 0 Å². The molecule has 0 radical (unpaired) electrons. The van der Waals surface area contributed by atoms with Crippen LogP contribution in [0.1, 0.15) is 19.3 Å². The lowest BCUT2D eigenvalue weighted by molar-refractivity contribution is 0.205. The highest BCUT2D eigenvalue weighted by Crippen LogP contribution is 2.29. The number of piperidine rings is 1. The van der Waals surface area contributed by atoms with Crippen LogP contribution in [0.3, 0.4) is 0 Å². The Kier molecular flexibility index (Phi) is 6.39. The molecule has 4 nitrogen and oxygen atoms in total. The number of rotatable bonds is 6. The summed E-state index contributed by atoms with van der Waals surface area (Å²) in [6.45, 7) is 3.31. The Morgan fingerprint density at radius 3 is 2.69 bits per heavy atom. The highest BCUT2D eigenvalue weighted by Gasteiger charge is 2.17. The molecule has 1 N–H and O–H groups in total. The minimum absolute atomic E-state index is 0.686. The van der Waals surface area contributed by atoms with Gasteiger partial charge in [0, 0.05) is 29.1 Å². The largest absolute Gasteiger partial charge is 0.369 e. The van der Waals surface area contributed by atoms with E-state index >= 15 is 0 Å². The van der Waals surface area contributed by atoms with Gasteiger partial charge in [0.15, 0.2) is 5.82 Å². The monoisotopic (exact) mass is 462 g/mol. The van der Waals surface area contributed by atoms with Crippen molar-refractivity contribution in [1.29, 1.82) is 0 Å². The molecule has 3 heterocycles. The van der Waals surface area contributed by atoms with Gasteiger partial charge >= 0.3 is 0 Å². The van der Waals surface area contributed by atoms with Crippen molar-refractivity contribution in [3.63, 3.8) is 0 Å². The van der Waals surface area contributed by atoms with E-state index in [0.29, 0.717) is 5.02 Å². The summed E-state index contributed by atoms with van der Waals surface area (Å²) in [6, 6.07) is 16.4. The van der Waals surface area contributed by atoms with Crippen LogP contribution in [0.5, 0.6) is 0 Å². The number of nitrogens with zero attached hydrogens (tertiary/aromatic N) is 3. The quantitative estimate of drug-likeness (QED) is 0.341. The third-order valence-corrected chi connectivity index (χ3v) is 7.14. The van der Waals surface area contributed by atoms with Crippen LogP contribution >= 0.6 is 22.9 Å². The van der Waals surface area contributed by atoms with Crippen LogP contribution < -0.4 is 5.32 Å². The Morgan fingerprint density at radius 1 is 1.06 bits per heavy atom. The summed E-state index contributed by atoms with van der Waals surface area (Å²) >= 11 is 7.99. The molecule has 6 heteroatoms. The van der Waals surface area contributed by atoms with E-state index in [-0.39, 0.29) is 0 Å². The van der Waals surface area contributed by atoms with Crippen LogP contribution in [0.25, 0.3) is 33.4 Å². The molecule has 0 bridgehead atoms. The maximum Gasteiger partial charge on any atom is 0.162 e. The molecule has 0 aliphatic carbocycles. The number of halogens is 1. The van der Waals surface area contributed by atoms with Gasteiger partial charge in [-0.15, -0.1) is 0 Å². The standard InChI is InChI=1S/C26H27ClN4S/c1-31-13-2-3-18(16-31)10-12-28-26-23-9-8-22(27)15-24(23)29-25(30-26)20-6-4-19(5-7-20)21-11-14-32-17-21/h4-9,11,14-15,17-18H,2-3,10,12-13,16H2,1H3,(H,28,29,30). The van der Waals surface area contributed by atoms with E-state index in [9.17, 15) is 0 Å². The third-order valence-electron chi connectivity index (χ3n) is 6.22. The average Bonchev–Trinajstić information content (AvgIpc) is 3.34. The van der Waals surface area contributed by atoms with Crippen LogP contribution in [-0.4, -0.2) is 41.5 Å². The SMILES string of the molecule is CN1CCCC(CCNc2nc(-c3ccc(-c4ccsc4)cc3)nc3cc(Cl)ccc23)C1. The molecule has 0 spiro atoms. The molecule has 32 heavy (non-hydrogen) atoms. The molecule has 1 saturated heterocycles. The maximum absolute atomic E-state index is 6.28. The molecule has 4 aromatic rings. The number of hydrogen-bond acceptors (Lipinski definition) is 5. The predicted molar refractivity (Wildman–Crippen MR) is 137 cm³/mol. The summed E-state index contributed by atoms with van der Waals surface area (Å²) in [5.41, 5.74) is 4.31. The van der Waals surface area contributed by atoms with Crippen molar-refractivity contribution >= 4 is 39.7 Å². The first-order chi connectivity index (χ1) is 15.7. The first kappa shape index (κ1) is 21.4. The summed E-state index contributed by atoms with van der Waals surface area (Å²) in [7, 11) is 2.22. The number of nitrogens with one attached hydrogen (secondary N) is 1. The number of benzene rings is 2. The number of thiophene rings is 1. The summed E-state index contributed by atoms with van der Waals surface area (Å²) in [4.78, 5) is 12.2. The van der Waals surface area contributed by atoms with E-state index < -0.39 is 0 Å². The van der Waals surface area contributed by atoms with E-state index in [0.717, 1.165) is 47.0 Å². The zero-order valence-corrected chi connectivity index (χ0v) is 19.8. The lowest BCUT2D eigenvalue weighted by atomic mass is 9.95. The lowest BCUT2D eigenvalue weighted by Crippen LogP contribution is -2.32. The summed E-state index contributed by atoms with van der Waals surface area (Å²) in [5.74, 6) is 2.34. The maximum atomic E-state index is 6.28. The van der Waals surface area contributed by atoms with Crippen molar-refractivity contribution in [1.82, 2.24) is 14.9 Å². The van der Waals surface area contributed by atoms with Crippen LogP contribution in [0.15, 0.2) is 59.3 Å². The number of hydrogen-bond donors (Lipinski definition) is 1. The van der Waals surface area contributed by atoms with Gasteiger partial charge in [-0.2, -0.15) is 11.3 Å². The summed E-state index contributed by atoms with van der Waals surface area (Å²) in [6.07, 6.45) is 3.75. The molecular formula is C26H27ClN4S. The Balaban J connectivity index is 1.40. The summed E-state index contributed by atoms with van der Waals surface area (Å²) in [5, 5.41) is 9.56. The van der Waals surface area contributed by atoms with Crippen molar-refractivity contribution in [3.8, 4) is 22.5 Å². The van der Waals surface area contributed by atoms with E-state index in [1.807, 2.05) is 18.2 Å². The number of likely N-dealkylation sites (tertiary alicyclic amines) is 1. The molecule has 0 amide bonds. The van der Waals surface area contributed by atoms with Crippen LogP contribution in [0.2, 0.25) is 5.02 Å². The zero-order valence-electron chi connectivity index (χ0n) is 18.2. The molecule has 1 aliphatic rings. The normalized spacial score (nSPS) is 17.0. The van der Waals surface area contributed by atoms with Gasteiger partial charge in [0.25, 0.3) is 0 Å². The fourth-order valence-corrected chi connectivity index (χ4v) is 5.34. The third kappa shape index (κ3) is 4.80. The molecule has 1 aliphatic heterocycles. The molecule has 1 atom stereocenters. The molecule has 1 unspecified atom stereocenters. The number of aromatic nitrogens is 2. The van der Waals surface area contributed by atoms with Gasteiger partial charge in [-0.25, -0.2) is 9.97 Å². The summed E-state index contributed by atoms with van der Waals surface area (Å²) < 4.78 is 0. The van der Waals surface area contributed by atoms with Crippen molar-refractivity contribution in [2.45, 2.75) is 19.3 Å². The van der Waals surface area contributed by atoms with Crippen LogP contribution in [0, 0.1) is 5.92 Å². The Labute approximate surface area is 198 Å². The van der Waals surface area contributed by atoms with Crippen molar-refractivity contribution in [2.75, 3.05) is 32.0 Å². The predicted octanol–water partition coefficient (Wildman–Crippen LogP) is 6.82. The smallest absolute Gasteiger partial charge is 0.162 e. The second kappa shape index (κ2) is 9.57. The molecule has 5 rings (SSSR count). The number of fused-ring (bicyclic) bond motifs is 1. The second-order valence-corrected chi connectivity index (χ2v) is 9.85. The van der Waals surface area contributed by atoms with Gasteiger partial charge < -0.3 is 10.2 Å². The minimum Gasteiger partial charge on any atom is -0.369 e. The van der Waals surface area contributed by atoms with E-state index in [1.165, 1.54) is 37.1 Å². The molecule has 2 aromatic carbocycles. The topological polar surface area (TPSA) is 41.0 Å². The fraction of sp³-hybridized carbons (Fsp3) is 0.308. The van der Waals surface area contributed by atoms with Crippen LogP contribution in [-0.2, 0) is 0 Å². The van der Waals surface area contributed by atoms with E-state index in [4.69, 9.17) is 21.6 Å². The second-order valence-electron chi connectivity index (χ2n) is 8.63. The molecular weight excluding hydrogens is 436 g/mol. The first-order valence-electron chi connectivity index (χ1n) is 11.2. The van der Waals surface area contributed by atoms with Crippen molar-refractivity contribution in [3.05, 3.63) is 64.3 Å². The molecule has 2 aromatic heterocycles. The average molecular weight is 463 g/mol. The Bertz CT molecular complexity index is 1190. The van der Waals surface area contributed by atoms with Crippen molar-refractivity contribution < 1.29 is 0 Å². The van der Waals surface area contributed by atoms with Gasteiger partial charge in [0.2, 0.25) is 0 Å². The minimum atomic E-state index is 0.686. The first-order valence-corrected chi connectivity index (χ1v) is 12.5. The van der Waals surface area contributed by atoms with Gasteiger partial charge in [-0.05, 0) is 84.9 Å². The van der Waals surface area contributed by atoms with Gasteiger partial charge in [-0.1, -0.05) is 35.9 Å². The molecule has 0 saturated carbocycles. The molecule has 1 fully saturated rings. The number of anilines is 1. The fourth-order valence-electron chi connectivity index (χ4n) is 4.51. The molecule has 164 valence electrons. The highest BCUT2D eigenvalue weighted by molar-refractivity contribution is 7.08.